The highest BCUT2D eigenvalue weighted by molar-refractivity contribution is 9.11. The molecule has 3 aromatic carbocycles. The minimum absolute atomic E-state index is 0.248. The summed E-state index contributed by atoms with van der Waals surface area (Å²) in [4.78, 5) is 28.8. The van der Waals surface area contributed by atoms with E-state index in [0.29, 0.717) is 23.1 Å². The molecule has 2 aliphatic heterocycles. The molecule has 9 heteroatoms. The molecule has 0 radical (unpaired) electrons. The monoisotopic (exact) mass is 603 g/mol. The highest BCUT2D eigenvalue weighted by Crippen LogP contribution is 2.45. The zero-order valence-electron chi connectivity index (χ0n) is 18.0. The number of hydrogen-bond donors (Lipinski definition) is 1. The number of hydrazine groups is 1. The lowest BCUT2D eigenvalue weighted by atomic mass is 9.91. The van der Waals surface area contributed by atoms with Gasteiger partial charge < -0.3 is 4.74 Å². The Hall–Kier alpha value is -2.39. The fraction of sp³-hybridized carbons (Fsp3) is 0.200. The van der Waals surface area contributed by atoms with Crippen LogP contribution in [0.5, 0.6) is 5.75 Å². The van der Waals surface area contributed by atoms with Crippen molar-refractivity contribution >= 4 is 66.6 Å². The van der Waals surface area contributed by atoms with Crippen LogP contribution in [0.4, 0.5) is 11.4 Å². The Balaban J connectivity index is 1.57. The van der Waals surface area contributed by atoms with Gasteiger partial charge in [0.05, 0.1) is 29.9 Å². The number of fused-ring (bicyclic) bond motifs is 1. The average molecular weight is 606 g/mol. The van der Waals surface area contributed by atoms with Crippen LogP contribution in [0.1, 0.15) is 18.5 Å². The molecule has 34 heavy (non-hydrogen) atoms. The Kier molecular flexibility index (Phi) is 6.41. The lowest BCUT2D eigenvalue weighted by molar-refractivity contribution is -0.122. The molecule has 0 aliphatic carbocycles. The van der Waals surface area contributed by atoms with E-state index in [0.717, 1.165) is 20.2 Å². The standard InChI is InChI=1S/C25H20Br2ClN3O3/c1-2-34-18-10-8-17(9-11-18)30-24(32)21-22(14-3-6-16(28)7-4-14)29-31(23(21)25(30)33)20-12-5-15(26)13-19(20)27/h3-13,21-23,29H,2H2,1H3. The molecule has 3 aromatic rings. The van der Waals surface area contributed by atoms with E-state index in [4.69, 9.17) is 16.3 Å². The number of imide groups is 1. The first-order valence-corrected chi connectivity index (χ1v) is 12.7. The van der Waals surface area contributed by atoms with Gasteiger partial charge in [-0.2, -0.15) is 0 Å². The Morgan fingerprint density at radius 3 is 2.32 bits per heavy atom. The van der Waals surface area contributed by atoms with Crippen molar-refractivity contribution < 1.29 is 14.3 Å². The van der Waals surface area contributed by atoms with Crippen molar-refractivity contribution in [1.82, 2.24) is 5.43 Å². The average Bonchev–Trinajstić information content (AvgIpc) is 3.32. The van der Waals surface area contributed by atoms with Gasteiger partial charge in [0, 0.05) is 14.0 Å². The fourth-order valence-electron chi connectivity index (χ4n) is 4.55. The van der Waals surface area contributed by atoms with Crippen LogP contribution in [0.2, 0.25) is 5.02 Å². The van der Waals surface area contributed by atoms with Gasteiger partial charge in [-0.3, -0.25) is 14.6 Å². The fourth-order valence-corrected chi connectivity index (χ4v) is 5.91. The van der Waals surface area contributed by atoms with Gasteiger partial charge in [0.25, 0.3) is 5.91 Å². The third-order valence-electron chi connectivity index (χ3n) is 6.04. The largest absolute Gasteiger partial charge is 0.494 e. The Bertz CT molecular complexity index is 1250. The zero-order chi connectivity index (χ0) is 24.0. The van der Waals surface area contributed by atoms with Gasteiger partial charge in [0.1, 0.15) is 11.8 Å². The number of nitrogens with zero attached hydrogens (tertiary/aromatic N) is 2. The van der Waals surface area contributed by atoms with Crippen LogP contribution in [0.3, 0.4) is 0 Å². The van der Waals surface area contributed by atoms with Gasteiger partial charge in [0.15, 0.2) is 0 Å². The maximum atomic E-state index is 13.7. The predicted octanol–water partition coefficient (Wildman–Crippen LogP) is 5.89. The van der Waals surface area contributed by atoms with Crippen molar-refractivity contribution in [1.29, 1.82) is 0 Å². The number of anilines is 2. The molecule has 5 rings (SSSR count). The lowest BCUT2D eigenvalue weighted by Gasteiger charge is -2.27. The molecule has 3 atom stereocenters. The number of amides is 2. The number of carbonyl (C=O) groups is 2. The topological polar surface area (TPSA) is 61.9 Å². The third kappa shape index (κ3) is 4.02. The molecule has 1 N–H and O–H groups in total. The second kappa shape index (κ2) is 9.34. The van der Waals surface area contributed by atoms with Crippen LogP contribution in [-0.4, -0.2) is 24.5 Å². The van der Waals surface area contributed by atoms with Gasteiger partial charge in [-0.1, -0.05) is 39.7 Å². The molecule has 2 aliphatic rings. The van der Waals surface area contributed by atoms with Crippen LogP contribution >= 0.6 is 43.5 Å². The molecule has 2 saturated heterocycles. The van der Waals surface area contributed by atoms with Crippen LogP contribution in [-0.2, 0) is 9.59 Å². The van der Waals surface area contributed by atoms with E-state index >= 15 is 0 Å². The van der Waals surface area contributed by atoms with Crippen LogP contribution in [0.25, 0.3) is 0 Å². The Labute approximate surface area is 219 Å². The summed E-state index contributed by atoms with van der Waals surface area (Å²) in [6.07, 6.45) is 0. The number of carbonyl (C=O) groups excluding carboxylic acids is 2. The summed E-state index contributed by atoms with van der Waals surface area (Å²) in [5, 5.41) is 2.41. The van der Waals surface area contributed by atoms with E-state index in [9.17, 15) is 9.59 Å². The second-order valence-corrected chi connectivity index (χ2v) is 10.2. The quantitative estimate of drug-likeness (QED) is 0.368. The van der Waals surface area contributed by atoms with Gasteiger partial charge in [-0.05, 0) is 83.0 Å². The van der Waals surface area contributed by atoms with Crippen LogP contribution in [0, 0.1) is 5.92 Å². The Morgan fingerprint density at radius 1 is 0.971 bits per heavy atom. The van der Waals surface area contributed by atoms with E-state index in [2.05, 4.69) is 37.3 Å². The summed E-state index contributed by atoms with van der Waals surface area (Å²) in [6.45, 7) is 2.44. The summed E-state index contributed by atoms with van der Waals surface area (Å²) in [5.41, 5.74) is 5.59. The first-order chi connectivity index (χ1) is 16.4. The number of hydrogen-bond acceptors (Lipinski definition) is 5. The molecule has 0 bridgehead atoms. The smallest absolute Gasteiger partial charge is 0.258 e. The SMILES string of the molecule is CCOc1ccc(N2C(=O)C3C(c4ccc(Cl)cc4)NN(c4ccc(Br)cc4Br)C3C2=O)cc1. The molecule has 3 unspecified atom stereocenters. The molecule has 0 saturated carbocycles. The molecule has 0 aromatic heterocycles. The minimum atomic E-state index is -0.711. The van der Waals surface area contributed by atoms with Gasteiger partial charge >= 0.3 is 0 Å². The molecule has 2 amide bonds. The molecule has 0 spiro atoms. The Morgan fingerprint density at radius 2 is 1.68 bits per heavy atom. The molecule has 2 fully saturated rings. The van der Waals surface area contributed by atoms with E-state index in [-0.39, 0.29) is 11.8 Å². The van der Waals surface area contributed by atoms with Crippen molar-refractivity contribution in [2.75, 3.05) is 16.5 Å². The third-order valence-corrected chi connectivity index (χ3v) is 7.42. The van der Waals surface area contributed by atoms with Gasteiger partial charge in [0.2, 0.25) is 5.91 Å². The van der Waals surface area contributed by atoms with Crippen molar-refractivity contribution in [3.05, 3.63) is 86.3 Å². The zero-order valence-corrected chi connectivity index (χ0v) is 22.0. The summed E-state index contributed by atoms with van der Waals surface area (Å²) < 4.78 is 7.20. The summed E-state index contributed by atoms with van der Waals surface area (Å²) in [7, 11) is 0. The molecular weight excluding hydrogens is 586 g/mol. The van der Waals surface area contributed by atoms with Crippen molar-refractivity contribution in [3.8, 4) is 5.75 Å². The van der Waals surface area contributed by atoms with Crippen LogP contribution < -0.4 is 20.1 Å². The lowest BCUT2D eigenvalue weighted by Crippen LogP contribution is -2.45. The van der Waals surface area contributed by atoms with E-state index in [1.165, 1.54) is 4.90 Å². The number of ether oxygens (including phenoxy) is 1. The first-order valence-electron chi connectivity index (χ1n) is 10.8. The maximum Gasteiger partial charge on any atom is 0.258 e. The maximum absolute atomic E-state index is 13.7. The van der Waals surface area contributed by atoms with E-state index in [1.54, 1.807) is 41.4 Å². The molecular formula is C25H20Br2ClN3O3. The molecule has 174 valence electrons. The van der Waals surface area contributed by atoms with E-state index < -0.39 is 18.0 Å². The first kappa shape index (κ1) is 23.4. The van der Waals surface area contributed by atoms with E-state index in [1.807, 2.05) is 37.3 Å². The normalized spacial score (nSPS) is 21.8. The van der Waals surface area contributed by atoms with Gasteiger partial charge in [-0.25, -0.2) is 10.3 Å². The van der Waals surface area contributed by atoms with Crippen molar-refractivity contribution in [2.24, 2.45) is 5.92 Å². The number of halogens is 3. The van der Waals surface area contributed by atoms with Crippen LogP contribution in [0.15, 0.2) is 75.7 Å². The van der Waals surface area contributed by atoms with Gasteiger partial charge in [-0.15, -0.1) is 0 Å². The number of benzene rings is 3. The number of rotatable bonds is 5. The predicted molar refractivity (Wildman–Crippen MR) is 139 cm³/mol. The second-order valence-electron chi connectivity index (χ2n) is 8.03. The highest BCUT2D eigenvalue weighted by atomic mass is 79.9. The minimum Gasteiger partial charge on any atom is -0.494 e. The summed E-state index contributed by atoms with van der Waals surface area (Å²) >= 11 is 13.2. The molecule has 2 heterocycles. The van der Waals surface area contributed by atoms with Crippen molar-refractivity contribution in [3.63, 3.8) is 0 Å². The summed E-state index contributed by atoms with van der Waals surface area (Å²) in [5.74, 6) is -0.456. The summed E-state index contributed by atoms with van der Waals surface area (Å²) in [6, 6.07) is 19.0. The number of nitrogens with one attached hydrogen (secondary N) is 1. The van der Waals surface area contributed by atoms with Crippen molar-refractivity contribution in [2.45, 2.75) is 19.0 Å². The molecule has 6 nitrogen and oxygen atoms in total. The highest BCUT2D eigenvalue weighted by Gasteiger charge is 2.59.